The predicted molar refractivity (Wildman–Crippen MR) is 61.2 cm³/mol. The normalized spacial score (nSPS) is 10.8. The summed E-state index contributed by atoms with van der Waals surface area (Å²) in [4.78, 5) is 0.122. The van der Waals surface area contributed by atoms with Gasteiger partial charge in [-0.25, -0.2) is 8.42 Å². The van der Waals surface area contributed by atoms with Gasteiger partial charge in [0, 0.05) is 20.0 Å². The lowest BCUT2D eigenvalue weighted by Crippen LogP contribution is -2.27. The first kappa shape index (κ1) is 13.2. The molecule has 6 heteroatoms. The van der Waals surface area contributed by atoms with E-state index in [1.54, 1.807) is 0 Å². The topological polar surface area (TPSA) is 85.0 Å². The first-order valence-corrected chi connectivity index (χ1v) is 6.30. The Hall–Kier alpha value is -1.89. The average molecular weight is 249 g/mol. The number of hydrogen-bond donors (Lipinski definition) is 0. The van der Waals surface area contributed by atoms with Crippen LogP contribution in [0.3, 0.4) is 0 Å². The van der Waals surface area contributed by atoms with Gasteiger partial charge in [0.1, 0.15) is 0 Å². The number of sulfonamides is 1. The van der Waals surface area contributed by atoms with Gasteiger partial charge in [-0.2, -0.15) is 14.8 Å². The fraction of sp³-hybridized carbons (Fsp3) is 0.273. The Morgan fingerprint density at radius 1 is 1.24 bits per heavy atom. The van der Waals surface area contributed by atoms with Gasteiger partial charge in [-0.15, -0.1) is 0 Å². The summed E-state index contributed by atoms with van der Waals surface area (Å²) < 4.78 is 25.1. The Morgan fingerprint density at radius 3 is 2.29 bits per heavy atom. The SMILES string of the molecule is CN(CCC#N)S(=O)(=O)c1ccc(C#N)cc1. The minimum atomic E-state index is -3.56. The summed E-state index contributed by atoms with van der Waals surface area (Å²) in [6.07, 6.45) is 0.145. The molecule has 0 fully saturated rings. The van der Waals surface area contributed by atoms with E-state index in [1.807, 2.05) is 12.1 Å². The Kier molecular flexibility index (Phi) is 4.22. The van der Waals surface area contributed by atoms with Crippen molar-refractivity contribution < 1.29 is 8.42 Å². The molecule has 0 saturated heterocycles. The van der Waals surface area contributed by atoms with E-state index in [0.29, 0.717) is 5.56 Å². The maximum atomic E-state index is 12.0. The molecule has 1 rings (SSSR count). The van der Waals surface area contributed by atoms with Gasteiger partial charge in [0.2, 0.25) is 10.0 Å². The second-order valence-corrected chi connectivity index (χ2v) is 5.42. The number of nitrogens with zero attached hydrogens (tertiary/aromatic N) is 3. The van der Waals surface area contributed by atoms with Crippen molar-refractivity contribution in [3.05, 3.63) is 29.8 Å². The zero-order valence-electron chi connectivity index (χ0n) is 9.29. The van der Waals surface area contributed by atoms with Crippen molar-refractivity contribution in [1.82, 2.24) is 4.31 Å². The van der Waals surface area contributed by atoms with Crippen molar-refractivity contribution in [3.8, 4) is 12.1 Å². The number of rotatable bonds is 4. The first-order chi connectivity index (χ1) is 8.02. The van der Waals surface area contributed by atoms with Gasteiger partial charge in [-0.1, -0.05) is 0 Å². The molecule has 0 amide bonds. The molecule has 0 aliphatic rings. The van der Waals surface area contributed by atoms with Crippen molar-refractivity contribution in [1.29, 1.82) is 10.5 Å². The molecule has 1 aromatic carbocycles. The van der Waals surface area contributed by atoms with E-state index < -0.39 is 10.0 Å². The maximum absolute atomic E-state index is 12.0. The summed E-state index contributed by atoms with van der Waals surface area (Å²) >= 11 is 0. The van der Waals surface area contributed by atoms with E-state index in [9.17, 15) is 8.42 Å². The molecule has 0 aliphatic heterocycles. The highest BCUT2D eigenvalue weighted by Crippen LogP contribution is 2.14. The third-order valence-electron chi connectivity index (χ3n) is 2.23. The zero-order valence-corrected chi connectivity index (χ0v) is 10.1. The van der Waals surface area contributed by atoms with Gasteiger partial charge in [-0.3, -0.25) is 0 Å². The van der Waals surface area contributed by atoms with Crippen LogP contribution in [0.2, 0.25) is 0 Å². The van der Waals surface area contributed by atoms with Crippen LogP contribution in [0, 0.1) is 22.7 Å². The van der Waals surface area contributed by atoms with Crippen LogP contribution in [0.5, 0.6) is 0 Å². The summed E-state index contributed by atoms with van der Waals surface area (Å²) in [5, 5.41) is 17.0. The fourth-order valence-electron chi connectivity index (χ4n) is 1.21. The smallest absolute Gasteiger partial charge is 0.207 e. The predicted octanol–water partition coefficient (Wildman–Crippen LogP) is 1.09. The van der Waals surface area contributed by atoms with E-state index in [4.69, 9.17) is 10.5 Å². The second-order valence-electron chi connectivity index (χ2n) is 3.37. The van der Waals surface area contributed by atoms with Crippen LogP contribution >= 0.6 is 0 Å². The van der Waals surface area contributed by atoms with E-state index in [1.165, 1.54) is 31.3 Å². The van der Waals surface area contributed by atoms with Gasteiger partial charge in [0.15, 0.2) is 0 Å². The molecule has 0 saturated carbocycles. The van der Waals surface area contributed by atoms with Crippen LogP contribution in [0.25, 0.3) is 0 Å². The largest absolute Gasteiger partial charge is 0.242 e. The van der Waals surface area contributed by atoms with Gasteiger partial charge in [-0.05, 0) is 24.3 Å². The van der Waals surface area contributed by atoms with Gasteiger partial charge in [0.25, 0.3) is 0 Å². The summed E-state index contributed by atoms with van der Waals surface area (Å²) in [5.74, 6) is 0. The molecule has 0 bridgehead atoms. The first-order valence-electron chi connectivity index (χ1n) is 4.86. The fourth-order valence-corrected chi connectivity index (χ4v) is 2.38. The molecule has 0 unspecified atom stereocenters. The van der Waals surface area contributed by atoms with Crippen molar-refractivity contribution in [3.63, 3.8) is 0 Å². The number of benzene rings is 1. The molecular formula is C11H11N3O2S. The highest BCUT2D eigenvalue weighted by molar-refractivity contribution is 7.89. The van der Waals surface area contributed by atoms with Gasteiger partial charge in [0.05, 0.1) is 22.6 Å². The van der Waals surface area contributed by atoms with Crippen molar-refractivity contribution >= 4 is 10.0 Å². The molecule has 1 aromatic rings. The second kappa shape index (κ2) is 5.44. The molecule has 0 N–H and O–H groups in total. The minimum Gasteiger partial charge on any atom is -0.207 e. The van der Waals surface area contributed by atoms with Crippen molar-refractivity contribution in [2.45, 2.75) is 11.3 Å². The Bertz CT molecular complexity index is 564. The van der Waals surface area contributed by atoms with Crippen LogP contribution < -0.4 is 0 Å². The molecule has 0 heterocycles. The van der Waals surface area contributed by atoms with Crippen molar-refractivity contribution in [2.24, 2.45) is 0 Å². The van der Waals surface area contributed by atoms with Crippen molar-refractivity contribution in [2.75, 3.05) is 13.6 Å². The van der Waals surface area contributed by atoms with E-state index in [2.05, 4.69) is 0 Å². The van der Waals surface area contributed by atoms with E-state index in [-0.39, 0.29) is 17.9 Å². The minimum absolute atomic E-state index is 0.122. The quantitative estimate of drug-likeness (QED) is 0.799. The monoisotopic (exact) mass is 249 g/mol. The van der Waals surface area contributed by atoms with E-state index >= 15 is 0 Å². The third kappa shape index (κ3) is 3.04. The molecule has 0 radical (unpaired) electrons. The number of nitriles is 2. The van der Waals surface area contributed by atoms with Crippen LogP contribution in [0.1, 0.15) is 12.0 Å². The summed E-state index contributed by atoms with van der Waals surface area (Å²) in [6, 6.07) is 9.48. The molecule has 17 heavy (non-hydrogen) atoms. The van der Waals surface area contributed by atoms with Crippen LogP contribution in [0.4, 0.5) is 0 Å². The average Bonchev–Trinajstić information content (AvgIpc) is 2.35. The molecule has 0 aliphatic carbocycles. The lowest BCUT2D eigenvalue weighted by Gasteiger charge is -2.15. The third-order valence-corrected chi connectivity index (χ3v) is 4.10. The van der Waals surface area contributed by atoms with Gasteiger partial charge >= 0.3 is 0 Å². The van der Waals surface area contributed by atoms with Crippen LogP contribution in [0.15, 0.2) is 29.2 Å². The molecule has 0 aromatic heterocycles. The molecular weight excluding hydrogens is 238 g/mol. The maximum Gasteiger partial charge on any atom is 0.242 e. The highest BCUT2D eigenvalue weighted by Gasteiger charge is 2.19. The van der Waals surface area contributed by atoms with Crippen LogP contribution in [-0.2, 0) is 10.0 Å². The molecule has 0 spiro atoms. The summed E-state index contributed by atoms with van der Waals surface area (Å²) in [5.41, 5.74) is 0.406. The lowest BCUT2D eigenvalue weighted by atomic mass is 10.2. The molecule has 88 valence electrons. The van der Waals surface area contributed by atoms with Crippen LogP contribution in [-0.4, -0.2) is 26.3 Å². The highest BCUT2D eigenvalue weighted by atomic mass is 32.2. The Balaban J connectivity index is 2.98. The van der Waals surface area contributed by atoms with Gasteiger partial charge < -0.3 is 0 Å². The Morgan fingerprint density at radius 2 is 1.82 bits per heavy atom. The zero-order chi connectivity index (χ0) is 12.9. The number of hydrogen-bond acceptors (Lipinski definition) is 4. The molecule has 5 nitrogen and oxygen atoms in total. The Labute approximate surface area is 101 Å². The summed E-state index contributed by atoms with van der Waals surface area (Å²) in [7, 11) is -2.14. The molecule has 0 atom stereocenters. The summed E-state index contributed by atoms with van der Waals surface area (Å²) in [6.45, 7) is 0.152. The standard InChI is InChI=1S/C11H11N3O2S/c1-14(8-2-7-12)17(15,16)11-5-3-10(9-13)4-6-11/h3-6H,2,8H2,1H3. The van der Waals surface area contributed by atoms with E-state index in [0.717, 1.165) is 4.31 Å². The lowest BCUT2D eigenvalue weighted by molar-refractivity contribution is 0.476.